The van der Waals surface area contributed by atoms with Gasteiger partial charge in [0.1, 0.15) is 5.01 Å². The summed E-state index contributed by atoms with van der Waals surface area (Å²) in [6, 6.07) is 5.88. The van der Waals surface area contributed by atoms with Crippen molar-refractivity contribution < 1.29 is 14.7 Å². The smallest absolute Gasteiger partial charge is 0.234 e. The van der Waals surface area contributed by atoms with Gasteiger partial charge < -0.3 is 15.2 Å². The molecule has 5 nitrogen and oxygen atoms in total. The molecule has 0 aliphatic carbocycles. The summed E-state index contributed by atoms with van der Waals surface area (Å²) in [6.45, 7) is 5.68. The van der Waals surface area contributed by atoms with Crippen molar-refractivity contribution >= 4 is 28.9 Å². The second kappa shape index (κ2) is 6.70. The SMILES string of the molecule is CCc1cccc(C)c1NC(=O)[C@H](C)c1nc(C(=O)[O-])cs1. The molecule has 0 radical (unpaired) electrons. The van der Waals surface area contributed by atoms with Gasteiger partial charge in [-0.15, -0.1) is 11.3 Å². The minimum Gasteiger partial charge on any atom is -0.543 e. The lowest BCUT2D eigenvalue weighted by Crippen LogP contribution is -2.23. The van der Waals surface area contributed by atoms with Gasteiger partial charge in [-0.3, -0.25) is 4.79 Å². The highest BCUT2D eigenvalue weighted by Gasteiger charge is 2.20. The Morgan fingerprint density at radius 1 is 1.41 bits per heavy atom. The van der Waals surface area contributed by atoms with E-state index >= 15 is 0 Å². The van der Waals surface area contributed by atoms with E-state index in [2.05, 4.69) is 10.3 Å². The standard InChI is InChI=1S/C16H18N2O3S/c1-4-11-7-5-6-9(2)13(11)18-14(19)10(3)15-17-12(8-22-15)16(20)21/h5-8,10H,4H2,1-3H3,(H,18,19)(H,20,21)/p-1/t10-/m0/s1. The van der Waals surface area contributed by atoms with Gasteiger partial charge in [-0.1, -0.05) is 25.1 Å². The van der Waals surface area contributed by atoms with Crippen LogP contribution in [0, 0.1) is 6.92 Å². The largest absolute Gasteiger partial charge is 0.543 e. The van der Waals surface area contributed by atoms with Gasteiger partial charge in [0, 0.05) is 11.1 Å². The summed E-state index contributed by atoms with van der Waals surface area (Å²) in [6.07, 6.45) is 0.817. The first-order chi connectivity index (χ1) is 10.4. The van der Waals surface area contributed by atoms with E-state index in [1.165, 1.54) is 5.38 Å². The van der Waals surface area contributed by atoms with Gasteiger partial charge in [-0.2, -0.15) is 0 Å². The quantitative estimate of drug-likeness (QED) is 0.915. The predicted molar refractivity (Wildman–Crippen MR) is 84.0 cm³/mol. The third-order valence-electron chi connectivity index (χ3n) is 3.48. The van der Waals surface area contributed by atoms with Crippen LogP contribution < -0.4 is 10.4 Å². The van der Waals surface area contributed by atoms with E-state index in [4.69, 9.17) is 0 Å². The Labute approximate surface area is 133 Å². The van der Waals surface area contributed by atoms with Gasteiger partial charge in [0.25, 0.3) is 0 Å². The van der Waals surface area contributed by atoms with Crippen molar-refractivity contribution in [3.63, 3.8) is 0 Å². The number of para-hydroxylation sites is 1. The number of carboxylic acids is 1. The molecule has 0 fully saturated rings. The average Bonchev–Trinajstić information content (AvgIpc) is 2.98. The summed E-state index contributed by atoms with van der Waals surface area (Å²) < 4.78 is 0. The summed E-state index contributed by atoms with van der Waals surface area (Å²) in [7, 11) is 0. The molecule has 0 spiro atoms. The van der Waals surface area contributed by atoms with Gasteiger partial charge in [0.15, 0.2) is 0 Å². The molecule has 116 valence electrons. The van der Waals surface area contributed by atoms with Crippen LogP contribution in [0.2, 0.25) is 0 Å². The fraction of sp³-hybridized carbons (Fsp3) is 0.312. The maximum Gasteiger partial charge on any atom is 0.234 e. The number of anilines is 1. The maximum atomic E-state index is 12.4. The molecule has 0 bridgehead atoms. The van der Waals surface area contributed by atoms with E-state index in [0.717, 1.165) is 34.6 Å². The van der Waals surface area contributed by atoms with Crippen LogP contribution in [0.5, 0.6) is 0 Å². The molecule has 1 aromatic carbocycles. The molecule has 2 rings (SSSR count). The minimum absolute atomic E-state index is 0.134. The number of thiazole rings is 1. The van der Waals surface area contributed by atoms with Crippen molar-refractivity contribution in [2.24, 2.45) is 0 Å². The summed E-state index contributed by atoms with van der Waals surface area (Å²) in [5.41, 5.74) is 2.74. The molecule has 1 amide bonds. The molecule has 1 aromatic heterocycles. The van der Waals surface area contributed by atoms with Crippen LogP contribution in [0.15, 0.2) is 23.6 Å². The number of hydrogen-bond donors (Lipinski definition) is 1. The zero-order valence-electron chi connectivity index (χ0n) is 12.7. The predicted octanol–water partition coefficient (Wildman–Crippen LogP) is 2.12. The Kier molecular flexibility index (Phi) is 4.92. The third-order valence-corrected chi connectivity index (χ3v) is 4.51. The molecule has 0 unspecified atom stereocenters. The lowest BCUT2D eigenvalue weighted by Gasteiger charge is -2.15. The molecule has 0 saturated heterocycles. The Hall–Kier alpha value is -2.21. The number of aromatic nitrogens is 1. The molecule has 1 heterocycles. The van der Waals surface area contributed by atoms with E-state index in [1.807, 2.05) is 32.0 Å². The monoisotopic (exact) mass is 317 g/mol. The average molecular weight is 317 g/mol. The number of rotatable bonds is 5. The fourth-order valence-corrected chi connectivity index (χ4v) is 2.97. The number of carbonyl (C=O) groups is 2. The summed E-state index contributed by atoms with van der Waals surface area (Å²) in [4.78, 5) is 27.1. The fourth-order valence-electron chi connectivity index (χ4n) is 2.13. The number of aromatic carboxylic acids is 1. The highest BCUT2D eigenvalue weighted by Crippen LogP contribution is 2.25. The highest BCUT2D eigenvalue weighted by molar-refractivity contribution is 7.10. The second-order valence-corrected chi connectivity index (χ2v) is 5.92. The van der Waals surface area contributed by atoms with E-state index in [0.29, 0.717) is 5.01 Å². The molecule has 2 aromatic rings. The molecular weight excluding hydrogens is 300 g/mol. The normalized spacial score (nSPS) is 12.0. The van der Waals surface area contributed by atoms with E-state index in [-0.39, 0.29) is 11.6 Å². The first kappa shape index (κ1) is 16.2. The Bertz CT molecular complexity index is 709. The molecule has 0 saturated carbocycles. The number of carboxylic acid groups (broad SMARTS) is 1. The highest BCUT2D eigenvalue weighted by atomic mass is 32.1. The molecular formula is C16H17N2O3S-. The number of hydrogen-bond acceptors (Lipinski definition) is 5. The number of aryl methyl sites for hydroxylation is 2. The van der Waals surface area contributed by atoms with Crippen molar-refractivity contribution in [2.75, 3.05) is 5.32 Å². The lowest BCUT2D eigenvalue weighted by molar-refractivity contribution is -0.255. The number of amides is 1. The summed E-state index contributed by atoms with van der Waals surface area (Å²) in [5, 5.41) is 15.5. The first-order valence-electron chi connectivity index (χ1n) is 7.00. The Morgan fingerprint density at radius 2 is 2.14 bits per heavy atom. The van der Waals surface area contributed by atoms with Crippen LogP contribution >= 0.6 is 11.3 Å². The van der Waals surface area contributed by atoms with Crippen LogP contribution in [0.3, 0.4) is 0 Å². The molecule has 0 aliphatic heterocycles. The van der Waals surface area contributed by atoms with E-state index in [9.17, 15) is 14.7 Å². The number of nitrogens with zero attached hydrogens (tertiary/aromatic N) is 1. The molecule has 1 N–H and O–H groups in total. The van der Waals surface area contributed by atoms with Crippen molar-refractivity contribution in [1.29, 1.82) is 0 Å². The van der Waals surface area contributed by atoms with Gasteiger partial charge in [-0.05, 0) is 31.4 Å². The first-order valence-corrected chi connectivity index (χ1v) is 7.88. The second-order valence-electron chi connectivity index (χ2n) is 5.03. The van der Waals surface area contributed by atoms with E-state index in [1.54, 1.807) is 6.92 Å². The number of benzene rings is 1. The zero-order valence-corrected chi connectivity index (χ0v) is 13.5. The van der Waals surface area contributed by atoms with Crippen molar-refractivity contribution in [1.82, 2.24) is 4.98 Å². The van der Waals surface area contributed by atoms with Crippen LogP contribution in [-0.2, 0) is 11.2 Å². The van der Waals surface area contributed by atoms with Gasteiger partial charge in [0.05, 0.1) is 17.6 Å². The summed E-state index contributed by atoms with van der Waals surface area (Å²) >= 11 is 1.15. The molecule has 6 heteroatoms. The van der Waals surface area contributed by atoms with E-state index < -0.39 is 11.9 Å². The van der Waals surface area contributed by atoms with Crippen molar-refractivity contribution in [3.8, 4) is 0 Å². The maximum absolute atomic E-state index is 12.4. The topological polar surface area (TPSA) is 82.1 Å². The van der Waals surface area contributed by atoms with Crippen LogP contribution in [0.25, 0.3) is 0 Å². The summed E-state index contributed by atoms with van der Waals surface area (Å²) in [5.74, 6) is -2.06. The lowest BCUT2D eigenvalue weighted by atomic mass is 10.0. The van der Waals surface area contributed by atoms with Gasteiger partial charge in [-0.25, -0.2) is 4.98 Å². The van der Waals surface area contributed by atoms with Gasteiger partial charge >= 0.3 is 0 Å². The Morgan fingerprint density at radius 3 is 2.73 bits per heavy atom. The molecule has 1 atom stereocenters. The van der Waals surface area contributed by atoms with Crippen LogP contribution in [0.1, 0.15) is 46.4 Å². The molecule has 0 aliphatic rings. The van der Waals surface area contributed by atoms with Crippen molar-refractivity contribution in [2.45, 2.75) is 33.1 Å². The zero-order chi connectivity index (χ0) is 16.3. The number of carbonyl (C=O) groups excluding carboxylic acids is 2. The van der Waals surface area contributed by atoms with Crippen LogP contribution in [-0.4, -0.2) is 16.9 Å². The van der Waals surface area contributed by atoms with Gasteiger partial charge in [0.2, 0.25) is 5.91 Å². The molecule has 22 heavy (non-hydrogen) atoms. The minimum atomic E-state index is -1.33. The van der Waals surface area contributed by atoms with Crippen molar-refractivity contribution in [3.05, 3.63) is 45.4 Å². The van der Waals surface area contributed by atoms with Crippen LogP contribution in [0.4, 0.5) is 5.69 Å². The number of nitrogens with one attached hydrogen (secondary N) is 1. The Balaban J connectivity index is 2.19. The third kappa shape index (κ3) is 3.33.